The van der Waals surface area contributed by atoms with Gasteiger partial charge in [0.2, 0.25) is 0 Å². The average molecular weight is 278 g/mol. The van der Waals surface area contributed by atoms with Gasteiger partial charge in [-0.05, 0) is 25.7 Å². The summed E-state index contributed by atoms with van der Waals surface area (Å²) in [6.07, 6.45) is 8.38. The van der Waals surface area contributed by atoms with Gasteiger partial charge >= 0.3 is 5.97 Å². The summed E-state index contributed by atoms with van der Waals surface area (Å²) in [7, 11) is 1.38. The standard InChI is InChI=1S/C17H26O3/c1-4-13-20-17(15-10-6-5-7-11-15)14(2)9-8-12-16(18)19-3/h4,14-15,17H,1,5-7,10-13H2,2-3H3/t14-,17+/m0/s1. The van der Waals surface area contributed by atoms with Gasteiger partial charge in [-0.15, -0.1) is 6.58 Å². The first-order valence-electron chi connectivity index (χ1n) is 7.46. The first-order valence-corrected chi connectivity index (χ1v) is 7.46. The minimum atomic E-state index is -0.286. The van der Waals surface area contributed by atoms with Crippen LogP contribution in [0.2, 0.25) is 0 Å². The van der Waals surface area contributed by atoms with Crippen molar-refractivity contribution in [2.24, 2.45) is 11.8 Å². The van der Waals surface area contributed by atoms with Crippen molar-refractivity contribution in [3.63, 3.8) is 0 Å². The molecule has 2 atom stereocenters. The topological polar surface area (TPSA) is 35.5 Å². The molecule has 3 heteroatoms. The highest BCUT2D eigenvalue weighted by atomic mass is 16.5. The molecule has 1 aliphatic rings. The third-order valence-electron chi connectivity index (χ3n) is 3.80. The Balaban J connectivity index is 2.60. The van der Waals surface area contributed by atoms with Crippen molar-refractivity contribution in [1.82, 2.24) is 0 Å². The molecule has 1 aliphatic carbocycles. The first kappa shape index (κ1) is 16.8. The molecule has 0 heterocycles. The summed E-state index contributed by atoms with van der Waals surface area (Å²) in [5.74, 6) is 6.46. The van der Waals surface area contributed by atoms with Gasteiger partial charge in [0.25, 0.3) is 0 Å². The molecule has 1 fully saturated rings. The van der Waals surface area contributed by atoms with Crippen molar-refractivity contribution in [3.8, 4) is 11.8 Å². The molecule has 0 saturated heterocycles. The van der Waals surface area contributed by atoms with Gasteiger partial charge < -0.3 is 9.47 Å². The smallest absolute Gasteiger partial charge is 0.317 e. The van der Waals surface area contributed by atoms with Crippen LogP contribution >= 0.6 is 0 Å². The fraction of sp³-hybridized carbons (Fsp3) is 0.706. The summed E-state index contributed by atoms with van der Waals surface area (Å²) in [6, 6.07) is 0. The molecule has 1 rings (SSSR count). The van der Waals surface area contributed by atoms with Crippen molar-refractivity contribution in [2.75, 3.05) is 13.7 Å². The van der Waals surface area contributed by atoms with Gasteiger partial charge in [0.15, 0.2) is 0 Å². The van der Waals surface area contributed by atoms with Crippen molar-refractivity contribution in [1.29, 1.82) is 0 Å². The Morgan fingerprint density at radius 2 is 2.10 bits per heavy atom. The van der Waals surface area contributed by atoms with E-state index in [4.69, 9.17) is 4.74 Å². The van der Waals surface area contributed by atoms with Crippen LogP contribution in [-0.2, 0) is 14.3 Å². The van der Waals surface area contributed by atoms with Crippen LogP contribution in [0.1, 0.15) is 45.4 Å². The van der Waals surface area contributed by atoms with E-state index in [0.29, 0.717) is 12.5 Å². The van der Waals surface area contributed by atoms with Crippen molar-refractivity contribution in [2.45, 2.75) is 51.6 Å². The van der Waals surface area contributed by atoms with Crippen LogP contribution in [0.5, 0.6) is 0 Å². The molecule has 0 radical (unpaired) electrons. The lowest BCUT2D eigenvalue weighted by Crippen LogP contribution is -2.31. The summed E-state index contributed by atoms with van der Waals surface area (Å²) in [4.78, 5) is 11.1. The summed E-state index contributed by atoms with van der Waals surface area (Å²) in [5, 5.41) is 0. The van der Waals surface area contributed by atoms with Gasteiger partial charge in [0.1, 0.15) is 6.42 Å². The van der Waals surface area contributed by atoms with Crippen LogP contribution in [0.25, 0.3) is 0 Å². The zero-order valence-electron chi connectivity index (χ0n) is 12.7. The fourth-order valence-electron chi connectivity index (χ4n) is 2.77. The predicted molar refractivity (Wildman–Crippen MR) is 80.1 cm³/mol. The second kappa shape index (κ2) is 9.61. The van der Waals surface area contributed by atoms with E-state index in [1.807, 2.05) is 0 Å². The van der Waals surface area contributed by atoms with Crippen LogP contribution in [0, 0.1) is 23.7 Å². The molecule has 0 unspecified atom stereocenters. The summed E-state index contributed by atoms with van der Waals surface area (Å²) >= 11 is 0. The number of hydrogen-bond donors (Lipinski definition) is 0. The van der Waals surface area contributed by atoms with Gasteiger partial charge in [0, 0.05) is 5.92 Å². The van der Waals surface area contributed by atoms with E-state index in [-0.39, 0.29) is 24.4 Å². The fourth-order valence-corrected chi connectivity index (χ4v) is 2.77. The number of esters is 1. The van der Waals surface area contributed by atoms with Crippen LogP contribution in [-0.4, -0.2) is 25.8 Å². The number of carbonyl (C=O) groups is 1. The Kier molecular flexibility index (Phi) is 8.06. The molecule has 112 valence electrons. The number of rotatable bonds is 6. The molecular weight excluding hydrogens is 252 g/mol. The molecule has 0 aliphatic heterocycles. The number of ether oxygens (including phenoxy) is 2. The molecule has 0 N–H and O–H groups in total. The zero-order valence-corrected chi connectivity index (χ0v) is 12.7. The zero-order chi connectivity index (χ0) is 14.8. The van der Waals surface area contributed by atoms with Crippen LogP contribution in [0.15, 0.2) is 12.7 Å². The molecule has 0 bridgehead atoms. The second-order valence-corrected chi connectivity index (χ2v) is 5.35. The quantitative estimate of drug-likeness (QED) is 0.425. The summed E-state index contributed by atoms with van der Waals surface area (Å²) < 4.78 is 10.5. The van der Waals surface area contributed by atoms with E-state index in [0.717, 1.165) is 0 Å². The van der Waals surface area contributed by atoms with Crippen LogP contribution < -0.4 is 0 Å². The van der Waals surface area contributed by atoms with Gasteiger partial charge in [-0.25, -0.2) is 0 Å². The van der Waals surface area contributed by atoms with Gasteiger partial charge in [0.05, 0.1) is 19.8 Å². The van der Waals surface area contributed by atoms with Gasteiger partial charge in [-0.2, -0.15) is 0 Å². The minimum absolute atomic E-state index is 0.128. The maximum absolute atomic E-state index is 11.1. The second-order valence-electron chi connectivity index (χ2n) is 5.35. The van der Waals surface area contributed by atoms with Crippen LogP contribution in [0.4, 0.5) is 0 Å². The lowest BCUT2D eigenvalue weighted by Gasteiger charge is -2.32. The Morgan fingerprint density at radius 1 is 1.40 bits per heavy atom. The molecule has 3 nitrogen and oxygen atoms in total. The molecule has 1 saturated carbocycles. The largest absolute Gasteiger partial charge is 0.468 e. The molecule has 0 spiro atoms. The number of hydrogen-bond acceptors (Lipinski definition) is 3. The van der Waals surface area contributed by atoms with E-state index in [9.17, 15) is 4.79 Å². The van der Waals surface area contributed by atoms with Crippen molar-refractivity contribution in [3.05, 3.63) is 12.7 Å². The maximum atomic E-state index is 11.1. The highest BCUT2D eigenvalue weighted by Gasteiger charge is 2.27. The maximum Gasteiger partial charge on any atom is 0.317 e. The van der Waals surface area contributed by atoms with E-state index in [1.54, 1.807) is 6.08 Å². The molecule has 0 aromatic heterocycles. The van der Waals surface area contributed by atoms with E-state index < -0.39 is 0 Å². The molecular formula is C17H26O3. The summed E-state index contributed by atoms with van der Waals surface area (Å²) in [6.45, 7) is 6.35. The van der Waals surface area contributed by atoms with Crippen molar-refractivity contribution >= 4 is 5.97 Å². The van der Waals surface area contributed by atoms with Crippen molar-refractivity contribution < 1.29 is 14.3 Å². The van der Waals surface area contributed by atoms with Gasteiger partial charge in [-0.3, -0.25) is 4.79 Å². The lowest BCUT2D eigenvalue weighted by molar-refractivity contribution is -0.139. The molecule has 0 aromatic carbocycles. The lowest BCUT2D eigenvalue weighted by atomic mass is 9.81. The highest BCUT2D eigenvalue weighted by molar-refractivity contribution is 5.72. The molecule has 0 aromatic rings. The number of methoxy groups -OCH3 is 1. The molecule has 0 amide bonds. The predicted octanol–water partition coefficient (Wildman–Crippen LogP) is 3.34. The minimum Gasteiger partial charge on any atom is -0.468 e. The van der Waals surface area contributed by atoms with Gasteiger partial charge in [-0.1, -0.05) is 37.2 Å². The number of carbonyl (C=O) groups excluding carboxylic acids is 1. The summed E-state index contributed by atoms with van der Waals surface area (Å²) in [5.41, 5.74) is 0. The Labute approximate surface area is 122 Å². The SMILES string of the molecule is C=CCO[C@@H](C1CCCCC1)[C@@H](C)C#CCC(=O)OC. The monoisotopic (exact) mass is 278 g/mol. The van der Waals surface area contributed by atoms with E-state index >= 15 is 0 Å². The first-order chi connectivity index (χ1) is 9.69. The average Bonchev–Trinajstić information content (AvgIpc) is 2.48. The van der Waals surface area contributed by atoms with E-state index in [2.05, 4.69) is 30.1 Å². The highest BCUT2D eigenvalue weighted by Crippen LogP contribution is 2.31. The third kappa shape index (κ3) is 5.79. The Hall–Kier alpha value is -1.27. The van der Waals surface area contributed by atoms with E-state index in [1.165, 1.54) is 39.2 Å². The third-order valence-corrected chi connectivity index (χ3v) is 3.80. The van der Waals surface area contributed by atoms with Crippen LogP contribution in [0.3, 0.4) is 0 Å². The Bertz CT molecular complexity index is 358. The Morgan fingerprint density at radius 3 is 2.70 bits per heavy atom. The normalized spacial score (nSPS) is 18.5. The molecule has 20 heavy (non-hydrogen) atoms.